The lowest BCUT2D eigenvalue weighted by atomic mass is 9.64. The second-order valence-electron chi connectivity index (χ2n) is 7.43. The summed E-state index contributed by atoms with van der Waals surface area (Å²) in [5.74, 6) is 1.05. The van der Waals surface area contributed by atoms with E-state index in [1.165, 1.54) is 14.2 Å². The Labute approximate surface area is 159 Å². The second-order valence-corrected chi connectivity index (χ2v) is 7.43. The van der Waals surface area contributed by atoms with Crippen LogP contribution in [0.25, 0.3) is 0 Å². The van der Waals surface area contributed by atoms with Crippen LogP contribution in [0.1, 0.15) is 24.0 Å². The molecule has 1 saturated heterocycles. The maximum absolute atomic E-state index is 12.6. The minimum Gasteiger partial charge on any atom is -0.502 e. The van der Waals surface area contributed by atoms with Crippen LogP contribution in [0.4, 0.5) is 0 Å². The van der Waals surface area contributed by atoms with Gasteiger partial charge in [-0.1, -0.05) is 0 Å². The van der Waals surface area contributed by atoms with Gasteiger partial charge in [0, 0.05) is 17.0 Å². The van der Waals surface area contributed by atoms with Crippen LogP contribution in [0.15, 0.2) is 29.6 Å². The summed E-state index contributed by atoms with van der Waals surface area (Å²) in [6.45, 7) is 0.874. The molecule has 1 aromatic rings. The van der Waals surface area contributed by atoms with Crippen LogP contribution in [0, 0.1) is 0 Å². The molecule has 1 aromatic carbocycles. The number of phenols is 1. The van der Waals surface area contributed by atoms with Crippen LogP contribution in [0.2, 0.25) is 0 Å². The molecule has 0 saturated carbocycles. The number of aromatic hydroxyl groups is 1. The van der Waals surface area contributed by atoms with Gasteiger partial charge >= 0.3 is 0 Å². The van der Waals surface area contributed by atoms with Crippen molar-refractivity contribution in [1.82, 2.24) is 4.90 Å². The Morgan fingerprint density at radius 3 is 2.67 bits per heavy atom. The van der Waals surface area contributed by atoms with Crippen molar-refractivity contribution >= 4 is 5.78 Å². The van der Waals surface area contributed by atoms with E-state index >= 15 is 0 Å². The Morgan fingerprint density at radius 1 is 1.22 bits per heavy atom. The molecular weight excluding hydrogens is 346 g/mol. The summed E-state index contributed by atoms with van der Waals surface area (Å²) in [5.41, 5.74) is 2.53. The van der Waals surface area contributed by atoms with Crippen molar-refractivity contribution < 1.29 is 24.1 Å². The smallest absolute Gasteiger partial charge is 0.220 e. The topological polar surface area (TPSA) is 68.2 Å². The molecule has 3 aliphatic rings. The molecule has 0 radical (unpaired) electrons. The van der Waals surface area contributed by atoms with Gasteiger partial charge < -0.3 is 19.3 Å². The summed E-state index contributed by atoms with van der Waals surface area (Å²) in [6, 6.07) is 2.05. The molecule has 1 fully saturated rings. The molecular formula is C21H25NO5. The third kappa shape index (κ3) is 2.39. The first-order valence-electron chi connectivity index (χ1n) is 9.17. The lowest BCUT2D eigenvalue weighted by molar-refractivity contribution is -0.114. The molecule has 2 aliphatic carbocycles. The molecule has 6 heteroatoms. The number of aryl methyl sites for hydroxylation is 1. The predicted octanol–water partition coefficient (Wildman–Crippen LogP) is 2.34. The first-order chi connectivity index (χ1) is 13.0. The number of likely N-dealkylation sites (N-methyl/N-ethyl adjacent to an activating group) is 1. The summed E-state index contributed by atoms with van der Waals surface area (Å²) in [5, 5.41) is 10.7. The van der Waals surface area contributed by atoms with Crippen LogP contribution < -0.4 is 9.47 Å². The number of rotatable bonds is 3. The molecule has 1 N–H and O–H groups in total. The Kier molecular flexibility index (Phi) is 4.18. The average molecular weight is 371 g/mol. The van der Waals surface area contributed by atoms with Crippen molar-refractivity contribution in [3.8, 4) is 17.2 Å². The van der Waals surface area contributed by atoms with E-state index in [1.54, 1.807) is 13.2 Å². The van der Waals surface area contributed by atoms with Gasteiger partial charge in [-0.15, -0.1) is 0 Å². The predicted molar refractivity (Wildman–Crippen MR) is 100 cm³/mol. The molecule has 0 amide bonds. The molecule has 4 rings (SSSR count). The van der Waals surface area contributed by atoms with Crippen LogP contribution in [-0.2, 0) is 21.4 Å². The fourth-order valence-corrected chi connectivity index (χ4v) is 4.96. The van der Waals surface area contributed by atoms with E-state index in [4.69, 9.17) is 14.2 Å². The number of carbonyl (C=O) groups excluding carboxylic acids is 1. The number of ketones is 1. The van der Waals surface area contributed by atoms with Gasteiger partial charge in [-0.3, -0.25) is 9.69 Å². The summed E-state index contributed by atoms with van der Waals surface area (Å²) >= 11 is 0. The number of piperidine rings is 1. The van der Waals surface area contributed by atoms with Crippen molar-refractivity contribution in [1.29, 1.82) is 0 Å². The number of allylic oxidation sites excluding steroid dienone is 2. The zero-order chi connectivity index (χ0) is 19.3. The van der Waals surface area contributed by atoms with Crippen LogP contribution in [-0.4, -0.2) is 56.8 Å². The average Bonchev–Trinajstić information content (AvgIpc) is 2.76. The van der Waals surface area contributed by atoms with Gasteiger partial charge in [0.25, 0.3) is 0 Å². The first kappa shape index (κ1) is 17.9. The van der Waals surface area contributed by atoms with E-state index in [-0.39, 0.29) is 17.6 Å². The summed E-state index contributed by atoms with van der Waals surface area (Å²) in [6.07, 6.45) is 6.14. The van der Waals surface area contributed by atoms with Gasteiger partial charge in [-0.05, 0) is 62.2 Å². The van der Waals surface area contributed by atoms with E-state index in [2.05, 4.69) is 11.9 Å². The number of hydrogen-bond donors (Lipinski definition) is 1. The van der Waals surface area contributed by atoms with Gasteiger partial charge in [-0.25, -0.2) is 0 Å². The Hall–Kier alpha value is -2.47. The number of phenolic OH excluding ortho intramolecular Hbond substituents is 1. The normalized spacial score (nSPS) is 27.0. The molecule has 27 heavy (non-hydrogen) atoms. The highest BCUT2D eigenvalue weighted by Gasteiger charge is 2.50. The number of fused-ring (bicyclic) bond motifs is 1. The number of carbonyl (C=O) groups is 1. The molecule has 0 aromatic heterocycles. The SMILES string of the molecule is COC1=C[C@@]23CCN(C)[C@H](CCc4cc(OC)c(O)c(OC)c42)C3=CC1=O. The van der Waals surface area contributed by atoms with Gasteiger partial charge in [0.15, 0.2) is 17.3 Å². The largest absolute Gasteiger partial charge is 0.502 e. The third-order valence-corrected chi connectivity index (χ3v) is 6.25. The van der Waals surface area contributed by atoms with Crippen molar-refractivity contribution in [2.24, 2.45) is 0 Å². The van der Waals surface area contributed by atoms with E-state index < -0.39 is 5.41 Å². The van der Waals surface area contributed by atoms with Crippen molar-refractivity contribution in [2.45, 2.75) is 30.7 Å². The van der Waals surface area contributed by atoms with Crippen molar-refractivity contribution in [2.75, 3.05) is 34.9 Å². The van der Waals surface area contributed by atoms with Gasteiger partial charge in [0.2, 0.25) is 11.5 Å². The standard InChI is InChI=1S/C21H25NO5/c1-22-8-7-21-11-17(26-3)15(23)10-13(21)14(22)6-5-12-9-16(25-2)19(24)20(27-4)18(12)21/h9-11,14,24H,5-8H2,1-4H3/t14-,21-/m1/s1. The highest BCUT2D eigenvalue weighted by molar-refractivity contribution is 6.05. The molecule has 1 aliphatic heterocycles. The molecule has 2 atom stereocenters. The van der Waals surface area contributed by atoms with Crippen molar-refractivity contribution in [3.05, 3.63) is 40.7 Å². The minimum absolute atomic E-state index is 0.00544. The maximum Gasteiger partial charge on any atom is 0.220 e. The van der Waals surface area contributed by atoms with Gasteiger partial charge in [0.05, 0.1) is 21.3 Å². The lowest BCUT2D eigenvalue weighted by Gasteiger charge is -2.47. The fourth-order valence-electron chi connectivity index (χ4n) is 4.96. The molecule has 1 heterocycles. The monoisotopic (exact) mass is 371 g/mol. The van der Waals surface area contributed by atoms with Gasteiger partial charge in [-0.2, -0.15) is 0 Å². The van der Waals surface area contributed by atoms with Gasteiger partial charge in [0.1, 0.15) is 0 Å². The Bertz CT molecular complexity index is 872. The lowest BCUT2D eigenvalue weighted by Crippen LogP contribution is -2.49. The number of benzene rings is 1. The van der Waals surface area contributed by atoms with E-state index in [0.717, 1.165) is 42.5 Å². The first-order valence-corrected chi connectivity index (χ1v) is 9.17. The number of hydrogen-bond acceptors (Lipinski definition) is 6. The summed E-state index contributed by atoms with van der Waals surface area (Å²) in [4.78, 5) is 14.9. The van der Waals surface area contributed by atoms with Crippen LogP contribution in [0.5, 0.6) is 17.2 Å². The number of ether oxygens (including phenoxy) is 3. The number of likely N-dealkylation sites (tertiary alicyclic amines) is 1. The van der Waals surface area contributed by atoms with Crippen LogP contribution in [0.3, 0.4) is 0 Å². The zero-order valence-corrected chi connectivity index (χ0v) is 16.2. The fraction of sp³-hybridized carbons (Fsp3) is 0.476. The quantitative estimate of drug-likeness (QED) is 0.880. The van der Waals surface area contributed by atoms with E-state index in [0.29, 0.717) is 17.3 Å². The number of nitrogens with zero attached hydrogens (tertiary/aromatic N) is 1. The minimum atomic E-state index is -0.530. The highest BCUT2D eigenvalue weighted by Crippen LogP contribution is 2.56. The van der Waals surface area contributed by atoms with E-state index in [1.807, 2.05) is 12.1 Å². The van der Waals surface area contributed by atoms with Crippen molar-refractivity contribution in [3.63, 3.8) is 0 Å². The third-order valence-electron chi connectivity index (χ3n) is 6.25. The zero-order valence-electron chi connectivity index (χ0n) is 16.2. The number of methoxy groups -OCH3 is 3. The molecule has 0 spiro atoms. The Morgan fingerprint density at radius 2 is 2.00 bits per heavy atom. The summed E-state index contributed by atoms with van der Waals surface area (Å²) < 4.78 is 16.4. The molecule has 6 nitrogen and oxygen atoms in total. The van der Waals surface area contributed by atoms with E-state index in [9.17, 15) is 9.90 Å². The second kappa shape index (κ2) is 6.30. The van der Waals surface area contributed by atoms with Crippen LogP contribution >= 0.6 is 0 Å². The highest BCUT2D eigenvalue weighted by atomic mass is 16.5. The molecule has 0 unspecified atom stereocenters. The molecule has 144 valence electrons. The molecule has 2 bridgehead atoms. The Balaban J connectivity index is 2.07. The maximum atomic E-state index is 12.6. The summed E-state index contributed by atoms with van der Waals surface area (Å²) in [7, 11) is 6.71.